The SMILES string of the molecule is CC(N)Cc1cccc(Oc2ccc(Cl)c(Cl)c2)c1. The Bertz CT molecular complexity index is 570. The van der Waals surface area contributed by atoms with E-state index in [1.807, 2.05) is 31.2 Å². The summed E-state index contributed by atoms with van der Waals surface area (Å²) in [5, 5.41) is 0.991. The highest BCUT2D eigenvalue weighted by Crippen LogP contribution is 2.29. The zero-order valence-electron chi connectivity index (χ0n) is 10.6. The molecule has 0 radical (unpaired) electrons. The zero-order chi connectivity index (χ0) is 13.8. The molecule has 2 nitrogen and oxygen atoms in total. The molecule has 0 amide bonds. The molecule has 2 rings (SSSR count). The van der Waals surface area contributed by atoms with E-state index in [0.717, 1.165) is 17.7 Å². The van der Waals surface area contributed by atoms with Crippen LogP contribution in [0.4, 0.5) is 0 Å². The molecular weight excluding hydrogens is 281 g/mol. The number of rotatable bonds is 4. The molecule has 100 valence electrons. The van der Waals surface area contributed by atoms with Crippen molar-refractivity contribution in [3.05, 3.63) is 58.1 Å². The average molecular weight is 296 g/mol. The first kappa shape index (κ1) is 14.2. The van der Waals surface area contributed by atoms with Crippen molar-refractivity contribution in [3.63, 3.8) is 0 Å². The lowest BCUT2D eigenvalue weighted by molar-refractivity contribution is 0.482. The van der Waals surface area contributed by atoms with Crippen molar-refractivity contribution in [3.8, 4) is 11.5 Å². The standard InChI is InChI=1S/C15H15Cl2NO/c1-10(18)7-11-3-2-4-12(8-11)19-13-5-6-14(16)15(17)9-13/h2-6,8-10H,7,18H2,1H3. The van der Waals surface area contributed by atoms with E-state index in [0.29, 0.717) is 15.8 Å². The molecule has 0 bridgehead atoms. The molecule has 0 heterocycles. The van der Waals surface area contributed by atoms with Crippen molar-refractivity contribution >= 4 is 23.2 Å². The van der Waals surface area contributed by atoms with Crippen LogP contribution in [0.2, 0.25) is 10.0 Å². The first-order chi connectivity index (χ1) is 9.04. The fourth-order valence-electron chi connectivity index (χ4n) is 1.78. The lowest BCUT2D eigenvalue weighted by Gasteiger charge is -2.09. The molecule has 0 aliphatic rings. The van der Waals surface area contributed by atoms with Crippen molar-refractivity contribution < 1.29 is 4.74 Å². The molecule has 19 heavy (non-hydrogen) atoms. The van der Waals surface area contributed by atoms with Crippen LogP contribution in [0, 0.1) is 0 Å². The fraction of sp³-hybridized carbons (Fsp3) is 0.200. The summed E-state index contributed by atoms with van der Waals surface area (Å²) in [5.41, 5.74) is 6.94. The molecule has 0 aromatic heterocycles. The van der Waals surface area contributed by atoms with Gasteiger partial charge < -0.3 is 10.5 Å². The Morgan fingerprint density at radius 3 is 2.47 bits per heavy atom. The van der Waals surface area contributed by atoms with Crippen molar-refractivity contribution in [2.24, 2.45) is 5.73 Å². The van der Waals surface area contributed by atoms with E-state index in [2.05, 4.69) is 0 Å². The van der Waals surface area contributed by atoms with Gasteiger partial charge in [0.05, 0.1) is 10.0 Å². The lowest BCUT2D eigenvalue weighted by atomic mass is 10.1. The molecule has 0 aliphatic heterocycles. The third kappa shape index (κ3) is 4.13. The quantitative estimate of drug-likeness (QED) is 0.889. The van der Waals surface area contributed by atoms with Gasteiger partial charge in [0.2, 0.25) is 0 Å². The van der Waals surface area contributed by atoms with Crippen molar-refractivity contribution in [1.29, 1.82) is 0 Å². The highest BCUT2D eigenvalue weighted by atomic mass is 35.5. The van der Waals surface area contributed by atoms with Crippen LogP contribution in [0.25, 0.3) is 0 Å². The van der Waals surface area contributed by atoms with Gasteiger partial charge in [-0.3, -0.25) is 0 Å². The van der Waals surface area contributed by atoms with Gasteiger partial charge in [0, 0.05) is 12.1 Å². The van der Waals surface area contributed by atoms with Gasteiger partial charge in [-0.15, -0.1) is 0 Å². The van der Waals surface area contributed by atoms with Crippen LogP contribution in [0.15, 0.2) is 42.5 Å². The largest absolute Gasteiger partial charge is 0.457 e. The first-order valence-electron chi connectivity index (χ1n) is 6.02. The van der Waals surface area contributed by atoms with Crippen molar-refractivity contribution in [2.45, 2.75) is 19.4 Å². The fourth-order valence-corrected chi connectivity index (χ4v) is 2.07. The minimum absolute atomic E-state index is 0.125. The van der Waals surface area contributed by atoms with Gasteiger partial charge in [-0.1, -0.05) is 35.3 Å². The minimum atomic E-state index is 0.125. The Kier molecular flexibility index (Phi) is 4.70. The van der Waals surface area contributed by atoms with Crippen LogP contribution in [-0.2, 0) is 6.42 Å². The number of halogens is 2. The monoisotopic (exact) mass is 295 g/mol. The van der Waals surface area contributed by atoms with Gasteiger partial charge in [0.1, 0.15) is 11.5 Å². The minimum Gasteiger partial charge on any atom is -0.457 e. The summed E-state index contributed by atoms with van der Waals surface area (Å²) in [6.07, 6.45) is 0.818. The Morgan fingerprint density at radius 1 is 1.05 bits per heavy atom. The topological polar surface area (TPSA) is 35.2 Å². The van der Waals surface area contributed by atoms with Crippen LogP contribution in [-0.4, -0.2) is 6.04 Å². The van der Waals surface area contributed by atoms with Gasteiger partial charge in [0.15, 0.2) is 0 Å². The highest BCUT2D eigenvalue weighted by molar-refractivity contribution is 6.42. The van der Waals surface area contributed by atoms with E-state index in [1.165, 1.54) is 0 Å². The maximum absolute atomic E-state index is 5.95. The lowest BCUT2D eigenvalue weighted by Crippen LogP contribution is -2.17. The maximum Gasteiger partial charge on any atom is 0.129 e. The van der Waals surface area contributed by atoms with Crippen LogP contribution >= 0.6 is 23.2 Å². The Balaban J connectivity index is 2.16. The Morgan fingerprint density at radius 2 is 1.79 bits per heavy atom. The highest BCUT2D eigenvalue weighted by Gasteiger charge is 2.04. The Hall–Kier alpha value is -1.22. The number of hydrogen-bond acceptors (Lipinski definition) is 2. The maximum atomic E-state index is 5.95. The molecule has 0 saturated heterocycles. The summed E-state index contributed by atoms with van der Waals surface area (Å²) < 4.78 is 5.75. The molecule has 2 N–H and O–H groups in total. The zero-order valence-corrected chi connectivity index (χ0v) is 12.1. The number of benzene rings is 2. The van der Waals surface area contributed by atoms with Gasteiger partial charge >= 0.3 is 0 Å². The van der Waals surface area contributed by atoms with E-state index in [1.54, 1.807) is 18.2 Å². The predicted octanol–water partition coefficient (Wildman–Crippen LogP) is 4.68. The summed E-state index contributed by atoms with van der Waals surface area (Å²) >= 11 is 11.8. The summed E-state index contributed by atoms with van der Waals surface area (Å²) in [7, 11) is 0. The molecule has 2 aromatic rings. The first-order valence-corrected chi connectivity index (χ1v) is 6.77. The molecule has 2 aromatic carbocycles. The summed E-state index contributed by atoms with van der Waals surface area (Å²) in [6.45, 7) is 1.98. The second-order valence-corrected chi connectivity index (χ2v) is 5.32. The van der Waals surface area contributed by atoms with E-state index in [-0.39, 0.29) is 6.04 Å². The van der Waals surface area contributed by atoms with Gasteiger partial charge in [-0.05, 0) is 43.2 Å². The van der Waals surface area contributed by atoms with Crippen molar-refractivity contribution in [1.82, 2.24) is 0 Å². The van der Waals surface area contributed by atoms with Crippen molar-refractivity contribution in [2.75, 3.05) is 0 Å². The molecule has 0 aliphatic carbocycles. The molecule has 0 saturated carbocycles. The van der Waals surface area contributed by atoms with Crippen LogP contribution in [0.5, 0.6) is 11.5 Å². The smallest absolute Gasteiger partial charge is 0.129 e. The van der Waals surface area contributed by atoms with E-state index in [4.69, 9.17) is 33.7 Å². The van der Waals surface area contributed by atoms with E-state index in [9.17, 15) is 0 Å². The van der Waals surface area contributed by atoms with Crippen LogP contribution < -0.4 is 10.5 Å². The summed E-state index contributed by atoms with van der Waals surface area (Å²) in [6, 6.07) is 13.2. The molecule has 4 heteroatoms. The normalized spacial score (nSPS) is 12.2. The second-order valence-electron chi connectivity index (χ2n) is 4.51. The third-order valence-corrected chi connectivity index (χ3v) is 3.32. The Labute approximate surface area is 123 Å². The molecular formula is C15H15Cl2NO. The number of ether oxygens (including phenoxy) is 1. The van der Waals surface area contributed by atoms with Crippen LogP contribution in [0.1, 0.15) is 12.5 Å². The van der Waals surface area contributed by atoms with Gasteiger partial charge in [-0.25, -0.2) is 0 Å². The summed E-state index contributed by atoms with van der Waals surface area (Å²) in [4.78, 5) is 0. The third-order valence-electron chi connectivity index (χ3n) is 2.58. The number of hydrogen-bond donors (Lipinski definition) is 1. The van der Waals surface area contributed by atoms with E-state index >= 15 is 0 Å². The second kappa shape index (κ2) is 6.29. The van der Waals surface area contributed by atoms with Gasteiger partial charge in [-0.2, -0.15) is 0 Å². The van der Waals surface area contributed by atoms with Gasteiger partial charge in [0.25, 0.3) is 0 Å². The van der Waals surface area contributed by atoms with Crippen LogP contribution in [0.3, 0.4) is 0 Å². The molecule has 0 spiro atoms. The molecule has 0 fully saturated rings. The van der Waals surface area contributed by atoms with E-state index < -0.39 is 0 Å². The molecule has 1 atom stereocenters. The average Bonchev–Trinajstić information content (AvgIpc) is 2.33. The summed E-state index contributed by atoms with van der Waals surface area (Å²) in [5.74, 6) is 1.42. The molecule has 1 unspecified atom stereocenters. The number of nitrogens with two attached hydrogens (primary N) is 1. The predicted molar refractivity (Wildman–Crippen MR) is 80.3 cm³/mol.